The SMILES string of the molecule is O=S(=O)(NCCC1=CCCCC1)c1cn(Cc2ccccc2)nc1-c1ccccc1. The highest BCUT2D eigenvalue weighted by Crippen LogP contribution is 2.26. The average molecular weight is 422 g/mol. The molecule has 0 aliphatic heterocycles. The number of rotatable bonds is 8. The molecular formula is C24H27N3O2S. The van der Waals surface area contributed by atoms with Crippen LogP contribution in [0.4, 0.5) is 0 Å². The van der Waals surface area contributed by atoms with Crippen molar-refractivity contribution in [2.75, 3.05) is 6.54 Å². The van der Waals surface area contributed by atoms with Crippen LogP contribution in [0.25, 0.3) is 11.3 Å². The largest absolute Gasteiger partial charge is 0.266 e. The van der Waals surface area contributed by atoms with E-state index in [0.717, 1.165) is 30.4 Å². The Hall–Kier alpha value is -2.70. The highest BCUT2D eigenvalue weighted by molar-refractivity contribution is 7.89. The Morgan fingerprint density at radius 3 is 2.40 bits per heavy atom. The van der Waals surface area contributed by atoms with Crippen molar-refractivity contribution in [3.8, 4) is 11.3 Å². The number of aromatic nitrogens is 2. The zero-order valence-corrected chi connectivity index (χ0v) is 17.8. The van der Waals surface area contributed by atoms with E-state index in [0.29, 0.717) is 18.8 Å². The van der Waals surface area contributed by atoms with E-state index in [9.17, 15) is 8.42 Å². The van der Waals surface area contributed by atoms with Gasteiger partial charge in [-0.3, -0.25) is 4.68 Å². The molecule has 0 radical (unpaired) electrons. The number of hydrogen-bond donors (Lipinski definition) is 1. The van der Waals surface area contributed by atoms with Gasteiger partial charge in [0, 0.05) is 18.3 Å². The van der Waals surface area contributed by atoms with Crippen molar-refractivity contribution in [2.45, 2.75) is 43.5 Å². The Morgan fingerprint density at radius 1 is 0.967 bits per heavy atom. The third kappa shape index (κ3) is 5.07. The highest BCUT2D eigenvalue weighted by Gasteiger charge is 2.23. The van der Waals surface area contributed by atoms with Crippen molar-refractivity contribution < 1.29 is 8.42 Å². The van der Waals surface area contributed by atoms with Crippen LogP contribution in [0, 0.1) is 0 Å². The first-order valence-electron chi connectivity index (χ1n) is 10.5. The second-order valence-electron chi connectivity index (χ2n) is 7.65. The molecular weight excluding hydrogens is 394 g/mol. The Balaban J connectivity index is 1.58. The summed E-state index contributed by atoms with van der Waals surface area (Å²) in [7, 11) is -3.67. The van der Waals surface area contributed by atoms with Gasteiger partial charge >= 0.3 is 0 Å². The molecule has 0 unspecified atom stereocenters. The lowest BCUT2D eigenvalue weighted by Gasteiger charge is -2.13. The predicted octanol–water partition coefficient (Wildman–Crippen LogP) is 4.77. The minimum absolute atomic E-state index is 0.224. The van der Waals surface area contributed by atoms with Crippen LogP contribution in [0.3, 0.4) is 0 Å². The molecule has 156 valence electrons. The van der Waals surface area contributed by atoms with Crippen LogP contribution in [0.2, 0.25) is 0 Å². The monoisotopic (exact) mass is 421 g/mol. The molecule has 0 saturated carbocycles. The molecule has 6 heteroatoms. The molecule has 1 aliphatic carbocycles. The third-order valence-electron chi connectivity index (χ3n) is 5.38. The van der Waals surface area contributed by atoms with Crippen molar-refractivity contribution in [3.05, 3.63) is 84.1 Å². The van der Waals surface area contributed by atoms with Gasteiger partial charge in [0.05, 0.1) is 6.54 Å². The number of nitrogens with zero attached hydrogens (tertiary/aromatic N) is 2. The van der Waals surface area contributed by atoms with Gasteiger partial charge in [-0.25, -0.2) is 13.1 Å². The number of hydrogen-bond acceptors (Lipinski definition) is 3. The second-order valence-corrected chi connectivity index (χ2v) is 9.38. The van der Waals surface area contributed by atoms with Gasteiger partial charge in [-0.2, -0.15) is 5.10 Å². The van der Waals surface area contributed by atoms with Crippen LogP contribution in [0.5, 0.6) is 0 Å². The molecule has 2 aromatic carbocycles. The van der Waals surface area contributed by atoms with Gasteiger partial charge in [0.25, 0.3) is 0 Å². The Morgan fingerprint density at radius 2 is 1.70 bits per heavy atom. The lowest BCUT2D eigenvalue weighted by Crippen LogP contribution is -2.25. The molecule has 4 rings (SSSR count). The van der Waals surface area contributed by atoms with Crippen molar-refractivity contribution in [1.29, 1.82) is 0 Å². The van der Waals surface area contributed by atoms with Crippen LogP contribution in [-0.2, 0) is 16.6 Å². The zero-order valence-electron chi connectivity index (χ0n) is 17.0. The summed E-state index contributed by atoms with van der Waals surface area (Å²) in [5, 5.41) is 4.63. The van der Waals surface area contributed by atoms with Gasteiger partial charge in [0.15, 0.2) is 0 Å². The van der Waals surface area contributed by atoms with E-state index in [4.69, 9.17) is 0 Å². The fourth-order valence-electron chi connectivity index (χ4n) is 3.80. The molecule has 0 saturated heterocycles. The third-order valence-corrected chi connectivity index (χ3v) is 6.84. The number of sulfonamides is 1. The summed E-state index contributed by atoms with van der Waals surface area (Å²) in [6.45, 7) is 0.926. The summed E-state index contributed by atoms with van der Waals surface area (Å²) in [5.41, 5.74) is 3.70. The Bertz CT molecular complexity index is 1100. The Kier molecular flexibility index (Phi) is 6.45. The summed E-state index contributed by atoms with van der Waals surface area (Å²) in [6, 6.07) is 19.4. The van der Waals surface area contributed by atoms with Gasteiger partial charge in [0.2, 0.25) is 10.0 Å². The quantitative estimate of drug-likeness (QED) is 0.533. The maximum absolute atomic E-state index is 13.1. The lowest BCUT2D eigenvalue weighted by molar-refractivity contribution is 0.579. The summed E-state index contributed by atoms with van der Waals surface area (Å²) in [6.07, 6.45) is 9.26. The van der Waals surface area contributed by atoms with Gasteiger partial charge in [-0.05, 0) is 37.7 Å². The van der Waals surface area contributed by atoms with Crippen molar-refractivity contribution in [3.63, 3.8) is 0 Å². The molecule has 1 N–H and O–H groups in total. The zero-order chi connectivity index (χ0) is 20.8. The number of allylic oxidation sites excluding steroid dienone is 1. The molecule has 1 aliphatic rings. The highest BCUT2D eigenvalue weighted by atomic mass is 32.2. The molecule has 0 spiro atoms. The molecule has 3 aromatic rings. The second kappa shape index (κ2) is 9.41. The van der Waals surface area contributed by atoms with Crippen LogP contribution in [0.1, 0.15) is 37.7 Å². The van der Waals surface area contributed by atoms with Gasteiger partial charge in [0.1, 0.15) is 10.6 Å². The summed E-state index contributed by atoms with van der Waals surface area (Å²) in [5.74, 6) is 0. The van der Waals surface area contributed by atoms with E-state index < -0.39 is 10.0 Å². The summed E-state index contributed by atoms with van der Waals surface area (Å²) in [4.78, 5) is 0.224. The van der Waals surface area contributed by atoms with Crippen molar-refractivity contribution >= 4 is 10.0 Å². The summed E-state index contributed by atoms with van der Waals surface area (Å²) >= 11 is 0. The topological polar surface area (TPSA) is 64.0 Å². The molecule has 0 amide bonds. The van der Waals surface area contributed by atoms with Crippen molar-refractivity contribution in [1.82, 2.24) is 14.5 Å². The average Bonchev–Trinajstić information content (AvgIpc) is 3.21. The lowest BCUT2D eigenvalue weighted by atomic mass is 9.97. The van der Waals surface area contributed by atoms with E-state index >= 15 is 0 Å². The maximum atomic E-state index is 13.1. The molecule has 0 fully saturated rings. The molecule has 1 heterocycles. The van der Waals surface area contributed by atoms with E-state index in [1.54, 1.807) is 10.9 Å². The molecule has 5 nitrogen and oxygen atoms in total. The standard InChI is InChI=1S/C24H27N3O2S/c28-30(29,25-17-16-20-10-4-1-5-11-20)23-19-27(18-21-12-6-2-7-13-21)26-24(23)22-14-8-3-9-15-22/h2-3,6-10,12-15,19,25H,1,4-5,11,16-18H2. The molecule has 30 heavy (non-hydrogen) atoms. The van der Waals surface area contributed by atoms with Crippen LogP contribution in [0.15, 0.2) is 83.4 Å². The number of benzene rings is 2. The minimum atomic E-state index is -3.67. The smallest absolute Gasteiger partial charge is 0.244 e. The first-order valence-corrected chi connectivity index (χ1v) is 11.9. The normalized spacial score (nSPS) is 14.5. The van der Waals surface area contributed by atoms with E-state index in [1.165, 1.54) is 18.4 Å². The number of nitrogens with one attached hydrogen (secondary N) is 1. The van der Waals surface area contributed by atoms with Gasteiger partial charge < -0.3 is 0 Å². The van der Waals surface area contributed by atoms with Gasteiger partial charge in [-0.1, -0.05) is 72.3 Å². The van der Waals surface area contributed by atoms with E-state index in [-0.39, 0.29) is 4.90 Å². The fraction of sp³-hybridized carbons (Fsp3) is 0.292. The van der Waals surface area contributed by atoms with Gasteiger partial charge in [-0.15, -0.1) is 0 Å². The van der Waals surface area contributed by atoms with Crippen LogP contribution < -0.4 is 4.72 Å². The van der Waals surface area contributed by atoms with Crippen LogP contribution >= 0.6 is 0 Å². The molecule has 1 aromatic heterocycles. The maximum Gasteiger partial charge on any atom is 0.244 e. The van der Waals surface area contributed by atoms with E-state index in [2.05, 4.69) is 15.9 Å². The first-order chi connectivity index (χ1) is 14.6. The Labute approximate surface area is 178 Å². The minimum Gasteiger partial charge on any atom is -0.266 e. The summed E-state index contributed by atoms with van der Waals surface area (Å²) < 4.78 is 30.8. The van der Waals surface area contributed by atoms with Crippen LogP contribution in [-0.4, -0.2) is 24.7 Å². The molecule has 0 atom stereocenters. The predicted molar refractivity (Wildman–Crippen MR) is 120 cm³/mol. The molecule has 0 bridgehead atoms. The van der Waals surface area contributed by atoms with E-state index in [1.807, 2.05) is 60.7 Å². The first kappa shape index (κ1) is 20.6. The van der Waals surface area contributed by atoms with Crippen molar-refractivity contribution in [2.24, 2.45) is 0 Å². The fourth-order valence-corrected chi connectivity index (χ4v) is 5.00.